The Bertz CT molecular complexity index is 1380. The summed E-state index contributed by atoms with van der Waals surface area (Å²) in [7, 11) is -4.08. The predicted molar refractivity (Wildman–Crippen MR) is 126 cm³/mol. The Kier molecular flexibility index (Phi) is 6.67. The predicted octanol–water partition coefficient (Wildman–Crippen LogP) is 4.73. The van der Waals surface area contributed by atoms with Crippen molar-refractivity contribution in [2.24, 2.45) is 0 Å². The number of rotatable bonds is 4. The summed E-state index contributed by atoms with van der Waals surface area (Å²) in [4.78, 5) is 12.3. The summed E-state index contributed by atoms with van der Waals surface area (Å²) >= 11 is 0. The molecule has 7 heteroatoms. The van der Waals surface area contributed by atoms with Crippen molar-refractivity contribution < 1.29 is 22.4 Å². The third kappa shape index (κ3) is 5.65. The van der Waals surface area contributed by atoms with Gasteiger partial charge in [0, 0.05) is 11.6 Å². The van der Waals surface area contributed by atoms with Crippen molar-refractivity contribution in [1.29, 1.82) is 0 Å². The Balaban J connectivity index is 2.05. The molecule has 0 unspecified atom stereocenters. The van der Waals surface area contributed by atoms with E-state index in [1.807, 2.05) is 6.92 Å². The van der Waals surface area contributed by atoms with E-state index in [1.165, 1.54) is 24.3 Å². The number of terminal acetylenes is 1. The molecule has 3 rings (SSSR count). The van der Waals surface area contributed by atoms with Gasteiger partial charge in [-0.15, -0.1) is 6.42 Å². The first kappa shape index (κ1) is 23.7. The first-order valence-corrected chi connectivity index (χ1v) is 11.5. The third-order valence-electron chi connectivity index (χ3n) is 4.32. The maximum Gasteiger partial charge on any atom is 0.374 e. The summed E-state index contributed by atoms with van der Waals surface area (Å²) in [5.41, 5.74) is 0.817. The smallest absolute Gasteiger partial charge is 0.374 e. The standard InChI is InChI=1S/C26H23NO5S/c1-6-20-9-7-8-10-23(20)27(33(29,30)22-14-11-19(2)12-15-22)18-17-21-13-16-24(31-21)25(28)32-26(3,4)5/h1,7-16H,2-5H3. The Morgan fingerprint density at radius 1 is 1.03 bits per heavy atom. The number of hydrogen-bond acceptors (Lipinski definition) is 5. The Morgan fingerprint density at radius 2 is 1.70 bits per heavy atom. The number of anilines is 1. The molecule has 0 fully saturated rings. The van der Waals surface area contributed by atoms with Crippen molar-refractivity contribution in [2.45, 2.75) is 38.2 Å². The number of esters is 1. The van der Waals surface area contributed by atoms with E-state index >= 15 is 0 Å². The molecule has 0 spiro atoms. The Labute approximate surface area is 194 Å². The van der Waals surface area contributed by atoms with Crippen LogP contribution in [0.25, 0.3) is 0 Å². The lowest BCUT2D eigenvalue weighted by Gasteiger charge is -2.19. The average molecular weight is 462 g/mol. The first-order chi connectivity index (χ1) is 15.5. The Hall–Kier alpha value is -3.94. The van der Waals surface area contributed by atoms with Gasteiger partial charge in [-0.2, -0.15) is 4.31 Å². The zero-order chi connectivity index (χ0) is 24.2. The summed E-state index contributed by atoms with van der Waals surface area (Å²) in [5, 5.41) is 0. The highest BCUT2D eigenvalue weighted by Gasteiger charge is 2.26. The van der Waals surface area contributed by atoms with Crippen molar-refractivity contribution >= 4 is 21.7 Å². The molecule has 168 valence electrons. The van der Waals surface area contributed by atoms with Gasteiger partial charge in [-0.25, -0.2) is 13.2 Å². The van der Waals surface area contributed by atoms with E-state index in [1.54, 1.807) is 57.2 Å². The average Bonchev–Trinajstić information content (AvgIpc) is 3.22. The van der Waals surface area contributed by atoms with Gasteiger partial charge in [-0.3, -0.25) is 0 Å². The molecule has 6 nitrogen and oxygen atoms in total. The summed E-state index contributed by atoms with van der Waals surface area (Å²) in [6.45, 7) is 7.09. The van der Waals surface area contributed by atoms with Gasteiger partial charge in [-0.1, -0.05) is 35.7 Å². The van der Waals surface area contributed by atoms with Crippen LogP contribution in [0.3, 0.4) is 0 Å². The number of ether oxygens (including phenoxy) is 1. The topological polar surface area (TPSA) is 76.8 Å². The lowest BCUT2D eigenvalue weighted by Crippen LogP contribution is -2.27. The van der Waals surface area contributed by atoms with Gasteiger partial charge >= 0.3 is 5.97 Å². The van der Waals surface area contributed by atoms with Crippen LogP contribution in [-0.2, 0) is 14.8 Å². The van der Waals surface area contributed by atoms with E-state index in [2.05, 4.69) is 17.9 Å². The molecule has 0 atom stereocenters. The minimum absolute atomic E-state index is 0.0359. The van der Waals surface area contributed by atoms with E-state index < -0.39 is 21.6 Å². The van der Waals surface area contributed by atoms with Gasteiger partial charge in [0.15, 0.2) is 5.76 Å². The highest BCUT2D eigenvalue weighted by molar-refractivity contribution is 7.93. The number of para-hydroxylation sites is 1. The fourth-order valence-electron chi connectivity index (χ4n) is 2.79. The van der Waals surface area contributed by atoms with Crippen molar-refractivity contribution in [3.63, 3.8) is 0 Å². The lowest BCUT2D eigenvalue weighted by molar-refractivity contribution is 0.00354. The van der Waals surface area contributed by atoms with Crippen LogP contribution in [0.2, 0.25) is 0 Å². The molecule has 0 aliphatic rings. The SMILES string of the molecule is C#Cc1ccccc1N(C#Cc1ccc(C(=O)OC(C)(C)C)o1)S(=O)(=O)c1ccc(C)cc1. The quantitative estimate of drug-likeness (QED) is 0.319. The molecule has 0 aliphatic carbocycles. The number of benzene rings is 2. The molecule has 0 bridgehead atoms. The largest absolute Gasteiger partial charge is 0.454 e. The number of furan rings is 1. The number of carbonyl (C=O) groups excluding carboxylic acids is 1. The number of carbonyl (C=O) groups is 1. The molecule has 0 amide bonds. The molecule has 1 aromatic heterocycles. The van der Waals surface area contributed by atoms with Crippen molar-refractivity contribution in [1.82, 2.24) is 0 Å². The van der Waals surface area contributed by atoms with Crippen LogP contribution >= 0.6 is 0 Å². The fraction of sp³-hybridized carbons (Fsp3) is 0.192. The zero-order valence-corrected chi connectivity index (χ0v) is 19.6. The van der Waals surface area contributed by atoms with Gasteiger partial charge in [0.2, 0.25) is 5.76 Å². The number of aryl methyl sites for hydroxylation is 1. The maximum absolute atomic E-state index is 13.5. The number of hydrogen-bond donors (Lipinski definition) is 0. The van der Waals surface area contributed by atoms with Crippen LogP contribution in [0.15, 0.2) is 70.0 Å². The molecule has 0 saturated carbocycles. The zero-order valence-electron chi connectivity index (χ0n) is 18.7. The molecular weight excluding hydrogens is 438 g/mol. The van der Waals surface area contributed by atoms with E-state index in [0.29, 0.717) is 5.56 Å². The number of nitrogens with zero attached hydrogens (tertiary/aromatic N) is 1. The molecule has 0 radical (unpaired) electrons. The summed E-state index contributed by atoms with van der Waals surface area (Å²) in [5.74, 6) is 4.58. The normalized spacial score (nSPS) is 11.1. The Morgan fingerprint density at radius 3 is 2.33 bits per heavy atom. The van der Waals surface area contributed by atoms with Gasteiger partial charge in [0.05, 0.1) is 10.6 Å². The van der Waals surface area contributed by atoms with E-state index in [9.17, 15) is 13.2 Å². The van der Waals surface area contributed by atoms with Gasteiger partial charge in [0.25, 0.3) is 10.0 Å². The molecule has 0 N–H and O–H groups in total. The van der Waals surface area contributed by atoms with Crippen molar-refractivity contribution in [3.8, 4) is 24.3 Å². The van der Waals surface area contributed by atoms with Crippen LogP contribution in [0.1, 0.15) is 48.2 Å². The van der Waals surface area contributed by atoms with Gasteiger partial charge in [-0.05, 0) is 70.0 Å². The van der Waals surface area contributed by atoms with E-state index in [-0.39, 0.29) is 22.1 Å². The summed E-state index contributed by atoms with van der Waals surface area (Å²) < 4.78 is 38.6. The highest BCUT2D eigenvalue weighted by Crippen LogP contribution is 2.26. The second-order valence-electron chi connectivity index (χ2n) is 8.15. The summed E-state index contributed by atoms with van der Waals surface area (Å²) in [6, 6.07) is 18.5. The van der Waals surface area contributed by atoms with Crippen LogP contribution in [0.4, 0.5) is 5.69 Å². The molecule has 3 aromatic rings. The molecule has 33 heavy (non-hydrogen) atoms. The minimum Gasteiger partial charge on any atom is -0.454 e. The van der Waals surface area contributed by atoms with Gasteiger partial charge in [0.1, 0.15) is 5.60 Å². The van der Waals surface area contributed by atoms with Crippen LogP contribution in [-0.4, -0.2) is 20.0 Å². The molecule has 1 heterocycles. The number of sulfonamides is 1. The van der Waals surface area contributed by atoms with Crippen LogP contribution in [0.5, 0.6) is 0 Å². The highest BCUT2D eigenvalue weighted by atomic mass is 32.2. The summed E-state index contributed by atoms with van der Waals surface area (Å²) in [6.07, 6.45) is 5.59. The monoisotopic (exact) mass is 461 g/mol. The third-order valence-corrected chi connectivity index (χ3v) is 5.96. The molecule has 2 aromatic carbocycles. The van der Waals surface area contributed by atoms with Crippen LogP contribution in [0, 0.1) is 31.2 Å². The minimum atomic E-state index is -4.08. The van der Waals surface area contributed by atoms with Gasteiger partial charge < -0.3 is 9.15 Å². The first-order valence-electron chi connectivity index (χ1n) is 10.0. The van der Waals surface area contributed by atoms with Crippen LogP contribution < -0.4 is 4.31 Å². The molecule has 0 aliphatic heterocycles. The lowest BCUT2D eigenvalue weighted by atomic mass is 10.2. The van der Waals surface area contributed by atoms with E-state index in [4.69, 9.17) is 15.6 Å². The van der Waals surface area contributed by atoms with Crippen molar-refractivity contribution in [3.05, 3.63) is 83.3 Å². The molecular formula is C26H23NO5S. The maximum atomic E-state index is 13.5. The fourth-order valence-corrected chi connectivity index (χ4v) is 4.06. The second-order valence-corrected chi connectivity index (χ2v) is 9.93. The molecule has 0 saturated heterocycles. The second kappa shape index (κ2) is 9.28. The van der Waals surface area contributed by atoms with E-state index in [0.717, 1.165) is 9.87 Å². The van der Waals surface area contributed by atoms with Crippen molar-refractivity contribution in [2.75, 3.05) is 4.31 Å².